The highest BCUT2D eigenvalue weighted by Gasteiger charge is 2.15. The highest BCUT2D eigenvalue weighted by atomic mass is 19.1. The van der Waals surface area contributed by atoms with E-state index in [2.05, 4.69) is 10.3 Å². The predicted molar refractivity (Wildman–Crippen MR) is 85.4 cm³/mol. The summed E-state index contributed by atoms with van der Waals surface area (Å²) in [6.45, 7) is 0.774. The molecule has 2 N–H and O–H groups in total. The fourth-order valence-corrected chi connectivity index (χ4v) is 2.45. The van der Waals surface area contributed by atoms with Gasteiger partial charge in [0.1, 0.15) is 17.3 Å². The Hall–Kier alpha value is -2.73. The molecule has 3 aromatic rings. The molecule has 3 rings (SSSR count). The summed E-state index contributed by atoms with van der Waals surface area (Å²) in [5, 5.41) is 8.34. The van der Waals surface area contributed by atoms with Crippen LogP contribution in [0.15, 0.2) is 48.5 Å². The minimum Gasteiger partial charge on any atom is -0.497 e. The molecule has 0 atom stereocenters. The molecule has 0 fully saturated rings. The van der Waals surface area contributed by atoms with E-state index < -0.39 is 0 Å². The number of ether oxygens (including phenoxy) is 1. The molecule has 0 aliphatic carbocycles. The van der Waals surface area contributed by atoms with Crippen molar-refractivity contribution in [1.29, 1.82) is 0 Å². The molecular formula is C17H17FN4O. The third kappa shape index (κ3) is 3.22. The SMILES string of the molecule is COc1cccc(-c2c(CN)nnn2Cc2ccc(F)cc2)c1. The van der Waals surface area contributed by atoms with Crippen LogP contribution in [0.5, 0.6) is 5.75 Å². The lowest BCUT2D eigenvalue weighted by Crippen LogP contribution is -2.06. The summed E-state index contributed by atoms with van der Waals surface area (Å²) in [5.41, 5.74) is 9.20. The van der Waals surface area contributed by atoms with Crippen molar-refractivity contribution >= 4 is 0 Å². The minimum absolute atomic E-state index is 0.261. The molecule has 2 aromatic carbocycles. The number of hydrogen-bond acceptors (Lipinski definition) is 4. The normalized spacial score (nSPS) is 10.7. The number of nitrogens with zero attached hydrogens (tertiary/aromatic N) is 3. The topological polar surface area (TPSA) is 66.0 Å². The van der Waals surface area contributed by atoms with E-state index in [0.717, 1.165) is 22.6 Å². The fraction of sp³-hybridized carbons (Fsp3) is 0.176. The lowest BCUT2D eigenvalue weighted by atomic mass is 10.1. The van der Waals surface area contributed by atoms with Crippen molar-refractivity contribution < 1.29 is 9.13 Å². The molecule has 0 bridgehead atoms. The van der Waals surface area contributed by atoms with E-state index in [9.17, 15) is 4.39 Å². The monoisotopic (exact) mass is 312 g/mol. The zero-order chi connectivity index (χ0) is 16.2. The van der Waals surface area contributed by atoms with E-state index in [1.165, 1.54) is 12.1 Å². The van der Waals surface area contributed by atoms with Crippen LogP contribution in [0.1, 0.15) is 11.3 Å². The predicted octanol–water partition coefficient (Wildman–Crippen LogP) is 2.60. The van der Waals surface area contributed by atoms with Gasteiger partial charge in [-0.3, -0.25) is 0 Å². The molecule has 0 aliphatic heterocycles. The van der Waals surface area contributed by atoms with Gasteiger partial charge in [-0.15, -0.1) is 5.10 Å². The molecule has 5 nitrogen and oxygen atoms in total. The Labute approximate surface area is 133 Å². The smallest absolute Gasteiger partial charge is 0.123 e. The van der Waals surface area contributed by atoms with Crippen LogP contribution in [-0.2, 0) is 13.1 Å². The molecule has 0 aliphatic rings. The van der Waals surface area contributed by atoms with Crippen molar-refractivity contribution in [3.63, 3.8) is 0 Å². The first-order chi connectivity index (χ1) is 11.2. The summed E-state index contributed by atoms with van der Waals surface area (Å²) in [5.74, 6) is 0.489. The Bertz CT molecular complexity index is 799. The van der Waals surface area contributed by atoms with E-state index >= 15 is 0 Å². The van der Waals surface area contributed by atoms with Gasteiger partial charge in [-0.2, -0.15) is 0 Å². The van der Waals surface area contributed by atoms with Gasteiger partial charge in [0.25, 0.3) is 0 Å². The van der Waals surface area contributed by atoms with E-state index in [1.54, 1.807) is 23.9 Å². The van der Waals surface area contributed by atoms with Gasteiger partial charge in [0.2, 0.25) is 0 Å². The van der Waals surface area contributed by atoms with Crippen LogP contribution in [0.3, 0.4) is 0 Å². The highest BCUT2D eigenvalue weighted by molar-refractivity contribution is 5.64. The number of benzene rings is 2. The van der Waals surface area contributed by atoms with Crippen LogP contribution >= 0.6 is 0 Å². The molecule has 0 spiro atoms. The molecule has 118 valence electrons. The lowest BCUT2D eigenvalue weighted by Gasteiger charge is -2.09. The van der Waals surface area contributed by atoms with Crippen molar-refractivity contribution in [1.82, 2.24) is 15.0 Å². The number of hydrogen-bond donors (Lipinski definition) is 1. The first-order valence-electron chi connectivity index (χ1n) is 7.22. The molecule has 0 radical (unpaired) electrons. The summed E-state index contributed by atoms with van der Waals surface area (Å²) in [4.78, 5) is 0. The van der Waals surface area contributed by atoms with Gasteiger partial charge in [0.15, 0.2) is 0 Å². The summed E-state index contributed by atoms with van der Waals surface area (Å²) in [6, 6.07) is 14.0. The van der Waals surface area contributed by atoms with Gasteiger partial charge in [0, 0.05) is 12.1 Å². The first kappa shape index (κ1) is 15.2. The van der Waals surface area contributed by atoms with Crippen molar-refractivity contribution in [3.8, 4) is 17.0 Å². The molecule has 1 aromatic heterocycles. The maximum Gasteiger partial charge on any atom is 0.123 e. The van der Waals surface area contributed by atoms with Crippen LogP contribution in [0.4, 0.5) is 4.39 Å². The van der Waals surface area contributed by atoms with Crippen LogP contribution < -0.4 is 10.5 Å². The van der Waals surface area contributed by atoms with Crippen molar-refractivity contribution in [3.05, 3.63) is 65.6 Å². The van der Waals surface area contributed by atoms with Crippen molar-refractivity contribution in [2.24, 2.45) is 5.73 Å². The fourth-order valence-electron chi connectivity index (χ4n) is 2.45. The summed E-state index contributed by atoms with van der Waals surface area (Å²) in [6.07, 6.45) is 0. The third-order valence-corrected chi connectivity index (χ3v) is 3.59. The lowest BCUT2D eigenvalue weighted by molar-refractivity contribution is 0.415. The molecule has 0 saturated carbocycles. The Morgan fingerprint density at radius 2 is 1.96 bits per heavy atom. The second-order valence-corrected chi connectivity index (χ2v) is 5.10. The number of aromatic nitrogens is 3. The van der Waals surface area contributed by atoms with E-state index in [4.69, 9.17) is 10.5 Å². The highest BCUT2D eigenvalue weighted by Crippen LogP contribution is 2.26. The maximum atomic E-state index is 13.0. The first-order valence-corrected chi connectivity index (χ1v) is 7.22. The summed E-state index contributed by atoms with van der Waals surface area (Å²) in [7, 11) is 1.62. The Morgan fingerprint density at radius 1 is 1.17 bits per heavy atom. The van der Waals surface area contributed by atoms with Crippen LogP contribution in [0.25, 0.3) is 11.3 Å². The average Bonchev–Trinajstić information content (AvgIpc) is 2.99. The quantitative estimate of drug-likeness (QED) is 0.786. The van der Waals surface area contributed by atoms with Gasteiger partial charge < -0.3 is 10.5 Å². The van der Waals surface area contributed by atoms with Gasteiger partial charge >= 0.3 is 0 Å². The van der Waals surface area contributed by atoms with Crippen molar-refractivity contribution in [2.75, 3.05) is 7.11 Å². The van der Waals surface area contributed by atoms with Crippen LogP contribution in [0.2, 0.25) is 0 Å². The molecule has 1 heterocycles. The molecular weight excluding hydrogens is 295 g/mol. The molecule has 6 heteroatoms. The molecule has 23 heavy (non-hydrogen) atoms. The molecule has 0 saturated heterocycles. The summed E-state index contributed by atoms with van der Waals surface area (Å²) < 4.78 is 20.1. The van der Waals surface area contributed by atoms with E-state index in [0.29, 0.717) is 12.2 Å². The Balaban J connectivity index is 2.01. The van der Waals surface area contributed by atoms with Gasteiger partial charge in [-0.25, -0.2) is 9.07 Å². The van der Waals surface area contributed by atoms with E-state index in [-0.39, 0.29) is 12.4 Å². The number of methoxy groups -OCH3 is 1. The zero-order valence-corrected chi connectivity index (χ0v) is 12.7. The molecule has 0 unspecified atom stereocenters. The second kappa shape index (κ2) is 6.58. The minimum atomic E-state index is -0.261. The standard InChI is InChI=1S/C17H17FN4O/c1-23-15-4-2-3-13(9-15)17-16(10-19)20-21-22(17)11-12-5-7-14(18)8-6-12/h2-9H,10-11,19H2,1H3. The van der Waals surface area contributed by atoms with Crippen LogP contribution in [-0.4, -0.2) is 22.1 Å². The van der Waals surface area contributed by atoms with Crippen LogP contribution in [0, 0.1) is 5.82 Å². The van der Waals surface area contributed by atoms with Gasteiger partial charge in [-0.1, -0.05) is 29.5 Å². The summed E-state index contributed by atoms with van der Waals surface area (Å²) >= 11 is 0. The van der Waals surface area contributed by atoms with Gasteiger partial charge in [0.05, 0.1) is 19.3 Å². The average molecular weight is 312 g/mol. The number of rotatable bonds is 5. The zero-order valence-electron chi connectivity index (χ0n) is 12.7. The number of nitrogens with two attached hydrogens (primary N) is 1. The number of halogens is 1. The molecule has 0 amide bonds. The van der Waals surface area contributed by atoms with Crippen molar-refractivity contribution in [2.45, 2.75) is 13.1 Å². The van der Waals surface area contributed by atoms with E-state index in [1.807, 2.05) is 24.3 Å². The second-order valence-electron chi connectivity index (χ2n) is 5.10. The largest absolute Gasteiger partial charge is 0.497 e. The Kier molecular flexibility index (Phi) is 4.34. The van der Waals surface area contributed by atoms with Gasteiger partial charge in [-0.05, 0) is 29.8 Å². The third-order valence-electron chi connectivity index (χ3n) is 3.59. The maximum absolute atomic E-state index is 13.0. The Morgan fingerprint density at radius 3 is 2.65 bits per heavy atom.